The van der Waals surface area contributed by atoms with Crippen molar-refractivity contribution >= 4 is 17.4 Å². The van der Waals surface area contributed by atoms with Crippen molar-refractivity contribution in [2.75, 3.05) is 0 Å². The van der Waals surface area contributed by atoms with Crippen LogP contribution in [0.5, 0.6) is 0 Å². The van der Waals surface area contributed by atoms with Crippen molar-refractivity contribution in [1.82, 2.24) is 14.8 Å². The van der Waals surface area contributed by atoms with Crippen molar-refractivity contribution in [2.45, 2.75) is 26.2 Å². The van der Waals surface area contributed by atoms with Gasteiger partial charge in [0.15, 0.2) is 0 Å². The number of aryl methyl sites for hydroxylation is 3. The van der Waals surface area contributed by atoms with Gasteiger partial charge in [0, 0.05) is 32.3 Å². The fourth-order valence-electron chi connectivity index (χ4n) is 1.98. The molecule has 0 aliphatic rings. The zero-order chi connectivity index (χ0) is 13.8. The highest BCUT2D eigenvalue weighted by Crippen LogP contribution is 2.20. The van der Waals surface area contributed by atoms with Crippen LogP contribution in [0.4, 0.5) is 0 Å². The van der Waals surface area contributed by atoms with Crippen LogP contribution >= 0.6 is 11.6 Å². The van der Waals surface area contributed by atoms with E-state index in [1.165, 1.54) is 0 Å². The van der Waals surface area contributed by atoms with Gasteiger partial charge in [-0.1, -0.05) is 11.6 Å². The maximum Gasteiger partial charge on any atom is 0.139 e. The fourth-order valence-corrected chi connectivity index (χ4v) is 2.21. The normalized spacial score (nSPS) is 10.7. The molecule has 0 bridgehead atoms. The monoisotopic (exact) mass is 277 g/mol. The zero-order valence-electron chi connectivity index (χ0n) is 11.1. The summed E-state index contributed by atoms with van der Waals surface area (Å²) < 4.78 is 1.68. The number of carbonyl (C=O) groups is 1. The van der Waals surface area contributed by atoms with Crippen molar-refractivity contribution in [3.8, 4) is 0 Å². The lowest BCUT2D eigenvalue weighted by atomic mass is 10.1. The smallest absolute Gasteiger partial charge is 0.139 e. The number of halogens is 1. The summed E-state index contributed by atoms with van der Waals surface area (Å²) in [7, 11) is 1.81. The number of ketones is 1. The van der Waals surface area contributed by atoms with Gasteiger partial charge in [-0.15, -0.1) is 0 Å². The average Bonchev–Trinajstić information content (AvgIpc) is 2.64. The lowest BCUT2D eigenvalue weighted by Gasteiger charge is -2.03. The zero-order valence-corrected chi connectivity index (χ0v) is 11.8. The number of pyridine rings is 1. The Morgan fingerprint density at radius 2 is 2.05 bits per heavy atom. The number of aromatic nitrogens is 3. The molecule has 0 atom stereocenters. The first-order valence-corrected chi connectivity index (χ1v) is 6.54. The van der Waals surface area contributed by atoms with Crippen LogP contribution in [0.1, 0.15) is 23.4 Å². The van der Waals surface area contributed by atoms with E-state index in [1.807, 2.05) is 26.1 Å². The van der Waals surface area contributed by atoms with Crippen LogP contribution in [-0.2, 0) is 24.7 Å². The van der Waals surface area contributed by atoms with Gasteiger partial charge >= 0.3 is 0 Å². The van der Waals surface area contributed by atoms with Gasteiger partial charge in [-0.25, -0.2) is 0 Å². The molecule has 0 saturated carbocycles. The molecule has 19 heavy (non-hydrogen) atoms. The minimum absolute atomic E-state index is 0.168. The van der Waals surface area contributed by atoms with E-state index in [4.69, 9.17) is 11.6 Å². The molecule has 2 aromatic heterocycles. The first-order valence-electron chi connectivity index (χ1n) is 6.16. The third kappa shape index (κ3) is 3.41. The maximum absolute atomic E-state index is 12.0. The van der Waals surface area contributed by atoms with E-state index >= 15 is 0 Å². The summed E-state index contributed by atoms with van der Waals surface area (Å²) in [5.74, 6) is 0.168. The first kappa shape index (κ1) is 13.7. The number of hydrogen-bond acceptors (Lipinski definition) is 3. The third-order valence-corrected chi connectivity index (χ3v) is 3.56. The van der Waals surface area contributed by atoms with Crippen LogP contribution < -0.4 is 0 Å². The fraction of sp³-hybridized carbons (Fsp3) is 0.357. The third-order valence-electron chi connectivity index (χ3n) is 3.07. The van der Waals surface area contributed by atoms with Crippen molar-refractivity contribution in [1.29, 1.82) is 0 Å². The Morgan fingerprint density at radius 3 is 2.63 bits per heavy atom. The predicted octanol–water partition coefficient (Wildman–Crippen LogP) is 2.52. The molecule has 0 aromatic carbocycles. The summed E-state index contributed by atoms with van der Waals surface area (Å²) in [6, 6.07) is 3.85. The molecule has 5 heteroatoms. The summed E-state index contributed by atoms with van der Waals surface area (Å²) in [6.07, 6.45) is 5.05. The molecule has 0 aliphatic carbocycles. The maximum atomic E-state index is 12.0. The Hall–Kier alpha value is -1.68. The van der Waals surface area contributed by atoms with Crippen molar-refractivity contribution in [3.63, 3.8) is 0 Å². The van der Waals surface area contributed by atoms with Gasteiger partial charge in [0.05, 0.1) is 16.4 Å². The van der Waals surface area contributed by atoms with E-state index in [0.717, 1.165) is 23.4 Å². The minimum atomic E-state index is 0.168. The van der Waals surface area contributed by atoms with Gasteiger partial charge in [0.1, 0.15) is 5.78 Å². The molecular formula is C14H16ClN3O. The van der Waals surface area contributed by atoms with Crippen LogP contribution in [0.3, 0.4) is 0 Å². The number of carbonyl (C=O) groups excluding carboxylic acids is 1. The molecule has 0 aliphatic heterocycles. The molecule has 4 nitrogen and oxygen atoms in total. The Morgan fingerprint density at radius 1 is 1.37 bits per heavy atom. The lowest BCUT2D eigenvalue weighted by molar-refractivity contribution is -0.118. The number of nitrogens with zero attached hydrogens (tertiary/aromatic N) is 3. The Kier molecular flexibility index (Phi) is 4.32. The second kappa shape index (κ2) is 5.97. The molecule has 0 unspecified atom stereocenters. The van der Waals surface area contributed by atoms with Crippen molar-refractivity contribution in [2.24, 2.45) is 7.05 Å². The lowest BCUT2D eigenvalue weighted by Crippen LogP contribution is -2.08. The topological polar surface area (TPSA) is 47.8 Å². The van der Waals surface area contributed by atoms with Gasteiger partial charge in [-0.3, -0.25) is 14.5 Å². The quantitative estimate of drug-likeness (QED) is 0.844. The molecule has 0 radical (unpaired) electrons. The molecule has 2 rings (SSSR count). The van der Waals surface area contributed by atoms with Crippen LogP contribution in [0.25, 0.3) is 0 Å². The van der Waals surface area contributed by atoms with Gasteiger partial charge in [0.2, 0.25) is 0 Å². The summed E-state index contributed by atoms with van der Waals surface area (Å²) in [6.45, 7) is 1.84. The van der Waals surface area contributed by atoms with Crippen LogP contribution in [0.15, 0.2) is 24.5 Å². The second-order valence-electron chi connectivity index (χ2n) is 4.54. The SMILES string of the molecule is Cc1nn(C)c(CC(=O)CCc2ccncc2)c1Cl. The molecule has 0 saturated heterocycles. The highest BCUT2D eigenvalue weighted by Gasteiger charge is 2.14. The molecular weight excluding hydrogens is 262 g/mol. The number of rotatable bonds is 5. The Balaban J connectivity index is 1.95. The molecule has 0 N–H and O–H groups in total. The molecule has 2 heterocycles. The summed E-state index contributed by atoms with van der Waals surface area (Å²) in [5.41, 5.74) is 2.68. The van der Waals surface area contributed by atoms with E-state index in [0.29, 0.717) is 17.9 Å². The largest absolute Gasteiger partial charge is 0.299 e. The number of Topliss-reactive ketones (excluding diaryl/α,β-unsaturated/α-hetero) is 1. The predicted molar refractivity (Wildman–Crippen MR) is 74.2 cm³/mol. The van der Waals surface area contributed by atoms with E-state index in [1.54, 1.807) is 17.1 Å². The van der Waals surface area contributed by atoms with Crippen LogP contribution in [-0.4, -0.2) is 20.5 Å². The van der Waals surface area contributed by atoms with E-state index < -0.39 is 0 Å². The van der Waals surface area contributed by atoms with E-state index in [2.05, 4.69) is 10.1 Å². The summed E-state index contributed by atoms with van der Waals surface area (Å²) in [5, 5.41) is 4.80. The van der Waals surface area contributed by atoms with Crippen molar-refractivity contribution in [3.05, 3.63) is 46.5 Å². The molecule has 0 amide bonds. The summed E-state index contributed by atoms with van der Waals surface area (Å²) in [4.78, 5) is 15.9. The Bertz CT molecular complexity index is 578. The average molecular weight is 278 g/mol. The van der Waals surface area contributed by atoms with Gasteiger partial charge in [-0.05, 0) is 31.0 Å². The van der Waals surface area contributed by atoms with E-state index in [-0.39, 0.29) is 5.78 Å². The first-order chi connectivity index (χ1) is 9.08. The van der Waals surface area contributed by atoms with Crippen molar-refractivity contribution < 1.29 is 4.79 Å². The standard InChI is InChI=1S/C14H16ClN3O/c1-10-14(15)13(18(2)17-10)9-12(19)4-3-11-5-7-16-8-6-11/h5-8H,3-4,9H2,1-2H3. The number of hydrogen-bond donors (Lipinski definition) is 0. The Labute approximate surface area is 117 Å². The molecule has 0 spiro atoms. The van der Waals surface area contributed by atoms with Gasteiger partial charge in [-0.2, -0.15) is 5.10 Å². The van der Waals surface area contributed by atoms with Gasteiger partial charge < -0.3 is 0 Å². The van der Waals surface area contributed by atoms with Crippen LogP contribution in [0, 0.1) is 6.92 Å². The molecule has 100 valence electrons. The second-order valence-corrected chi connectivity index (χ2v) is 4.92. The summed E-state index contributed by atoms with van der Waals surface area (Å²) >= 11 is 6.13. The molecule has 0 fully saturated rings. The molecule has 2 aromatic rings. The van der Waals surface area contributed by atoms with E-state index in [9.17, 15) is 4.79 Å². The highest BCUT2D eigenvalue weighted by atomic mass is 35.5. The van der Waals surface area contributed by atoms with Gasteiger partial charge in [0.25, 0.3) is 0 Å². The van der Waals surface area contributed by atoms with Crippen LogP contribution in [0.2, 0.25) is 5.02 Å². The minimum Gasteiger partial charge on any atom is -0.299 e. The highest BCUT2D eigenvalue weighted by molar-refractivity contribution is 6.32.